The predicted octanol–water partition coefficient (Wildman–Crippen LogP) is 5.19. The van der Waals surface area contributed by atoms with Crippen LogP contribution in [0, 0.1) is 18.7 Å². The highest BCUT2D eigenvalue weighted by molar-refractivity contribution is 6.46. The summed E-state index contributed by atoms with van der Waals surface area (Å²) in [4.78, 5) is 31.8. The Morgan fingerprint density at radius 1 is 1.14 bits per heavy atom. The van der Waals surface area contributed by atoms with Gasteiger partial charge < -0.3 is 14.7 Å². The lowest BCUT2D eigenvalue weighted by Gasteiger charge is -2.25. The van der Waals surface area contributed by atoms with Crippen molar-refractivity contribution in [3.8, 4) is 5.75 Å². The third-order valence-electron chi connectivity index (χ3n) is 5.83. The first kappa shape index (κ1) is 24.1. The van der Waals surface area contributed by atoms with E-state index in [2.05, 4.69) is 18.8 Å². The summed E-state index contributed by atoms with van der Waals surface area (Å²) in [5.41, 5.74) is 2.44. The number of aromatic nitrogens is 1. The zero-order chi connectivity index (χ0) is 25.1. The number of hydrogen-bond acceptors (Lipinski definition) is 5. The van der Waals surface area contributed by atoms with Crippen molar-refractivity contribution in [3.63, 3.8) is 0 Å². The lowest BCUT2D eigenvalue weighted by molar-refractivity contribution is -0.140. The van der Waals surface area contributed by atoms with Crippen molar-refractivity contribution in [1.82, 2.24) is 9.88 Å². The third-order valence-corrected chi connectivity index (χ3v) is 5.83. The number of benzene rings is 2. The molecule has 1 aliphatic rings. The van der Waals surface area contributed by atoms with E-state index in [-0.39, 0.29) is 17.9 Å². The first-order valence-corrected chi connectivity index (χ1v) is 11.4. The first-order valence-electron chi connectivity index (χ1n) is 11.4. The molecule has 1 amide bonds. The highest BCUT2D eigenvalue weighted by atomic mass is 19.1. The largest absolute Gasteiger partial charge is 0.507 e. The van der Waals surface area contributed by atoms with Gasteiger partial charge in [0.05, 0.1) is 18.2 Å². The highest BCUT2D eigenvalue weighted by Crippen LogP contribution is 2.40. The molecule has 2 aromatic carbocycles. The number of ketones is 1. The zero-order valence-electron chi connectivity index (χ0n) is 19.9. The molecule has 1 unspecified atom stereocenters. The Balaban J connectivity index is 1.77. The minimum Gasteiger partial charge on any atom is -0.507 e. The molecule has 35 heavy (non-hydrogen) atoms. The van der Waals surface area contributed by atoms with Crippen molar-refractivity contribution < 1.29 is 23.8 Å². The number of hydrogen-bond donors (Lipinski definition) is 1. The maximum absolute atomic E-state index is 13.4. The Bertz CT molecular complexity index is 1270. The van der Waals surface area contributed by atoms with E-state index in [4.69, 9.17) is 4.74 Å². The number of aryl methyl sites for hydroxylation is 1. The number of nitrogens with zero attached hydrogens (tertiary/aromatic N) is 2. The summed E-state index contributed by atoms with van der Waals surface area (Å²) in [5.74, 6) is -1.13. The van der Waals surface area contributed by atoms with Gasteiger partial charge >= 0.3 is 0 Å². The molecule has 6 nitrogen and oxygen atoms in total. The Kier molecular flexibility index (Phi) is 6.96. The Morgan fingerprint density at radius 3 is 2.51 bits per heavy atom. The minimum absolute atomic E-state index is 0.0136. The van der Waals surface area contributed by atoms with Gasteiger partial charge in [0.25, 0.3) is 11.7 Å². The van der Waals surface area contributed by atoms with Gasteiger partial charge in [-0.2, -0.15) is 0 Å². The predicted molar refractivity (Wildman–Crippen MR) is 130 cm³/mol. The van der Waals surface area contributed by atoms with Crippen LogP contribution in [0.25, 0.3) is 5.76 Å². The van der Waals surface area contributed by atoms with Crippen LogP contribution in [0.4, 0.5) is 4.39 Å². The summed E-state index contributed by atoms with van der Waals surface area (Å²) < 4.78 is 19.2. The Hall–Kier alpha value is -4.00. The van der Waals surface area contributed by atoms with Crippen LogP contribution in [0.1, 0.15) is 42.1 Å². The minimum atomic E-state index is -0.842. The Morgan fingerprint density at radius 2 is 1.89 bits per heavy atom. The average molecular weight is 475 g/mol. The first-order chi connectivity index (χ1) is 16.8. The molecule has 3 aromatic rings. The van der Waals surface area contributed by atoms with Gasteiger partial charge in [0.15, 0.2) is 0 Å². The summed E-state index contributed by atoms with van der Waals surface area (Å²) in [6.07, 6.45) is 3.16. The molecule has 0 radical (unpaired) electrons. The van der Waals surface area contributed by atoms with Gasteiger partial charge in [-0.05, 0) is 65.9 Å². The summed E-state index contributed by atoms with van der Waals surface area (Å²) in [6.45, 7) is 6.60. The number of halogens is 1. The number of aliphatic hydroxyl groups is 1. The SMILES string of the molecule is Cc1cc(/C(O)=C2/C(=O)C(=O)N(Cc3ccc(F)cc3)C2c2cccnc2)ccc1OCC(C)C. The molecule has 1 atom stereocenters. The molecule has 0 aliphatic carbocycles. The fraction of sp³-hybridized carbons (Fsp3) is 0.250. The number of Topliss-reactive ketones (excluding diaryl/α,β-unsaturated/α-hetero) is 1. The molecule has 0 bridgehead atoms. The van der Waals surface area contributed by atoms with E-state index in [0.717, 1.165) is 5.56 Å². The molecular formula is C28H27FN2O4. The number of carbonyl (C=O) groups is 2. The van der Waals surface area contributed by atoms with E-state index < -0.39 is 23.5 Å². The van der Waals surface area contributed by atoms with Crippen LogP contribution >= 0.6 is 0 Å². The number of aliphatic hydroxyl groups excluding tert-OH is 1. The number of amides is 1. The smallest absolute Gasteiger partial charge is 0.295 e. The van der Waals surface area contributed by atoms with E-state index in [0.29, 0.717) is 35.0 Å². The molecule has 1 aliphatic heterocycles. The fourth-order valence-corrected chi connectivity index (χ4v) is 4.08. The summed E-state index contributed by atoms with van der Waals surface area (Å²) >= 11 is 0. The maximum Gasteiger partial charge on any atom is 0.295 e. The fourth-order valence-electron chi connectivity index (χ4n) is 4.08. The number of carbonyl (C=O) groups excluding carboxylic acids is 2. The van der Waals surface area contributed by atoms with E-state index in [1.54, 1.807) is 54.9 Å². The lowest BCUT2D eigenvalue weighted by atomic mass is 9.95. The van der Waals surface area contributed by atoms with Crippen molar-refractivity contribution in [2.24, 2.45) is 5.92 Å². The van der Waals surface area contributed by atoms with Crippen molar-refractivity contribution in [2.75, 3.05) is 6.61 Å². The van der Waals surface area contributed by atoms with Gasteiger partial charge in [0.1, 0.15) is 17.3 Å². The quantitative estimate of drug-likeness (QED) is 0.290. The van der Waals surface area contributed by atoms with E-state index in [1.165, 1.54) is 17.0 Å². The molecule has 0 spiro atoms. The lowest BCUT2D eigenvalue weighted by Crippen LogP contribution is -2.29. The van der Waals surface area contributed by atoms with Gasteiger partial charge in [-0.25, -0.2) is 4.39 Å². The van der Waals surface area contributed by atoms with Crippen LogP contribution in [0.2, 0.25) is 0 Å². The van der Waals surface area contributed by atoms with Crippen molar-refractivity contribution in [3.05, 3.63) is 101 Å². The maximum atomic E-state index is 13.4. The van der Waals surface area contributed by atoms with Crippen molar-refractivity contribution in [2.45, 2.75) is 33.4 Å². The third kappa shape index (κ3) is 5.09. The van der Waals surface area contributed by atoms with Crippen LogP contribution in [0.3, 0.4) is 0 Å². The molecule has 4 rings (SSSR count). The number of ether oxygens (including phenoxy) is 1. The van der Waals surface area contributed by atoms with Crippen molar-refractivity contribution in [1.29, 1.82) is 0 Å². The van der Waals surface area contributed by atoms with Gasteiger partial charge in [-0.15, -0.1) is 0 Å². The molecule has 1 aromatic heterocycles. The van der Waals surface area contributed by atoms with Crippen molar-refractivity contribution >= 4 is 17.4 Å². The summed E-state index contributed by atoms with van der Waals surface area (Å²) in [7, 11) is 0. The monoisotopic (exact) mass is 474 g/mol. The zero-order valence-corrected chi connectivity index (χ0v) is 19.9. The molecular weight excluding hydrogens is 447 g/mol. The number of likely N-dealkylation sites (tertiary alicyclic amines) is 1. The second kappa shape index (κ2) is 10.1. The van der Waals surface area contributed by atoms with Gasteiger partial charge in [-0.1, -0.05) is 32.0 Å². The van der Waals surface area contributed by atoms with Gasteiger partial charge in [-0.3, -0.25) is 14.6 Å². The van der Waals surface area contributed by atoms with Crippen LogP contribution in [-0.4, -0.2) is 33.3 Å². The second-order valence-electron chi connectivity index (χ2n) is 9.02. The molecule has 180 valence electrons. The normalized spacial score (nSPS) is 17.3. The van der Waals surface area contributed by atoms with Crippen LogP contribution in [0.5, 0.6) is 5.75 Å². The molecule has 1 saturated heterocycles. The standard InChI is InChI=1S/C28H27FN2O4/c1-17(2)16-35-23-11-8-20(13-18(23)3)26(32)24-25(21-5-4-12-30-14-21)31(28(34)27(24)33)15-19-6-9-22(29)10-7-19/h4-14,17,25,32H,15-16H2,1-3H3/b26-24-. The second-order valence-corrected chi connectivity index (χ2v) is 9.02. The van der Waals surface area contributed by atoms with Crippen LogP contribution in [0.15, 0.2) is 72.6 Å². The Labute approximate surface area is 203 Å². The topological polar surface area (TPSA) is 79.7 Å². The average Bonchev–Trinajstić information content (AvgIpc) is 3.09. The summed E-state index contributed by atoms with van der Waals surface area (Å²) in [6, 6.07) is 13.5. The van der Waals surface area contributed by atoms with Crippen LogP contribution in [-0.2, 0) is 16.1 Å². The number of pyridine rings is 1. The van der Waals surface area contributed by atoms with E-state index >= 15 is 0 Å². The van der Waals surface area contributed by atoms with Crippen LogP contribution < -0.4 is 4.74 Å². The molecule has 0 saturated carbocycles. The summed E-state index contributed by atoms with van der Waals surface area (Å²) in [5, 5.41) is 11.3. The highest BCUT2D eigenvalue weighted by Gasteiger charge is 2.46. The van der Waals surface area contributed by atoms with E-state index in [9.17, 15) is 19.1 Å². The number of rotatable bonds is 7. The van der Waals surface area contributed by atoms with E-state index in [1.807, 2.05) is 6.92 Å². The van der Waals surface area contributed by atoms with Gasteiger partial charge in [0, 0.05) is 24.5 Å². The van der Waals surface area contributed by atoms with Gasteiger partial charge in [0.2, 0.25) is 0 Å². The molecule has 7 heteroatoms. The molecule has 1 fully saturated rings. The molecule has 2 heterocycles. The molecule has 1 N–H and O–H groups in total.